The van der Waals surface area contributed by atoms with Gasteiger partial charge in [-0.2, -0.15) is 0 Å². The molecule has 1 aliphatic heterocycles. The second-order valence-corrected chi connectivity index (χ2v) is 5.23. The Morgan fingerprint density at radius 2 is 2.10 bits per heavy atom. The topological polar surface area (TPSA) is 41.1 Å². The van der Waals surface area contributed by atoms with E-state index >= 15 is 0 Å². The molecule has 2 aromatic carbocycles. The standard InChI is InChI=1S/C17H17FN2O/c18-14-6-3-4-12(10-14)8-9-19-17(21)16-11-13-5-1-2-7-15(13)20-16/h1-7,10,16,20H,8-9,11H2,(H,19,21). The van der Waals surface area contributed by atoms with Gasteiger partial charge in [-0.15, -0.1) is 0 Å². The van der Waals surface area contributed by atoms with Crippen LogP contribution in [0.5, 0.6) is 0 Å². The Labute approximate surface area is 123 Å². The van der Waals surface area contributed by atoms with Crippen molar-refractivity contribution in [2.75, 3.05) is 11.9 Å². The molecule has 0 aromatic heterocycles. The van der Waals surface area contributed by atoms with Crippen molar-refractivity contribution >= 4 is 11.6 Å². The molecule has 1 atom stereocenters. The quantitative estimate of drug-likeness (QED) is 0.906. The summed E-state index contributed by atoms with van der Waals surface area (Å²) < 4.78 is 13.1. The maximum absolute atomic E-state index is 13.1. The summed E-state index contributed by atoms with van der Waals surface area (Å²) in [6.07, 6.45) is 1.34. The lowest BCUT2D eigenvalue weighted by Gasteiger charge is -2.12. The highest BCUT2D eigenvalue weighted by molar-refractivity contribution is 5.87. The van der Waals surface area contributed by atoms with E-state index in [2.05, 4.69) is 10.6 Å². The number of hydrogen-bond acceptors (Lipinski definition) is 2. The minimum absolute atomic E-state index is 0.0115. The molecule has 0 bridgehead atoms. The first-order valence-corrected chi connectivity index (χ1v) is 7.09. The van der Waals surface area contributed by atoms with Crippen LogP contribution in [0, 0.1) is 5.82 Å². The Morgan fingerprint density at radius 1 is 1.24 bits per heavy atom. The highest BCUT2D eigenvalue weighted by atomic mass is 19.1. The fourth-order valence-corrected chi connectivity index (χ4v) is 2.60. The fourth-order valence-electron chi connectivity index (χ4n) is 2.60. The minimum Gasteiger partial charge on any atom is -0.373 e. The molecule has 1 aliphatic rings. The zero-order valence-corrected chi connectivity index (χ0v) is 11.6. The van der Waals surface area contributed by atoms with Gasteiger partial charge in [-0.25, -0.2) is 4.39 Å². The van der Waals surface area contributed by atoms with E-state index in [-0.39, 0.29) is 17.8 Å². The monoisotopic (exact) mass is 284 g/mol. The van der Waals surface area contributed by atoms with Crippen LogP contribution >= 0.6 is 0 Å². The molecule has 2 N–H and O–H groups in total. The lowest BCUT2D eigenvalue weighted by Crippen LogP contribution is -2.39. The number of benzene rings is 2. The van der Waals surface area contributed by atoms with Gasteiger partial charge in [-0.05, 0) is 35.7 Å². The summed E-state index contributed by atoms with van der Waals surface area (Å²) in [6, 6.07) is 14.2. The maximum Gasteiger partial charge on any atom is 0.242 e. The Balaban J connectivity index is 1.50. The van der Waals surface area contributed by atoms with E-state index in [0.717, 1.165) is 11.3 Å². The number of anilines is 1. The number of rotatable bonds is 4. The van der Waals surface area contributed by atoms with Crippen molar-refractivity contribution in [1.82, 2.24) is 5.32 Å². The highest BCUT2D eigenvalue weighted by Crippen LogP contribution is 2.24. The van der Waals surface area contributed by atoms with Gasteiger partial charge in [0.2, 0.25) is 5.91 Å². The van der Waals surface area contributed by atoms with Gasteiger partial charge < -0.3 is 10.6 Å². The molecule has 0 aliphatic carbocycles. The number of amides is 1. The molecule has 1 amide bonds. The molecule has 0 radical (unpaired) electrons. The van der Waals surface area contributed by atoms with Crippen LogP contribution in [0.15, 0.2) is 48.5 Å². The third kappa shape index (κ3) is 3.21. The van der Waals surface area contributed by atoms with Crippen molar-refractivity contribution in [3.05, 3.63) is 65.5 Å². The SMILES string of the molecule is O=C(NCCc1cccc(F)c1)C1Cc2ccccc2N1. The molecule has 3 rings (SSSR count). The Hall–Kier alpha value is -2.36. The van der Waals surface area contributed by atoms with E-state index in [4.69, 9.17) is 0 Å². The Morgan fingerprint density at radius 3 is 2.90 bits per heavy atom. The lowest BCUT2D eigenvalue weighted by atomic mass is 10.1. The summed E-state index contributed by atoms with van der Waals surface area (Å²) in [7, 11) is 0. The molecule has 108 valence electrons. The van der Waals surface area contributed by atoms with Crippen molar-refractivity contribution in [3.63, 3.8) is 0 Å². The van der Waals surface area contributed by atoms with E-state index in [1.807, 2.05) is 30.3 Å². The van der Waals surface area contributed by atoms with Crippen LogP contribution in [0.25, 0.3) is 0 Å². The molecule has 3 nitrogen and oxygen atoms in total. The third-order valence-electron chi connectivity index (χ3n) is 3.69. The van der Waals surface area contributed by atoms with Gasteiger partial charge in [0.1, 0.15) is 11.9 Å². The van der Waals surface area contributed by atoms with Gasteiger partial charge in [0.05, 0.1) is 0 Å². The molecule has 2 aromatic rings. The van der Waals surface area contributed by atoms with Gasteiger partial charge >= 0.3 is 0 Å². The Kier molecular flexibility index (Phi) is 3.86. The number of fused-ring (bicyclic) bond motifs is 1. The van der Waals surface area contributed by atoms with Crippen molar-refractivity contribution < 1.29 is 9.18 Å². The zero-order chi connectivity index (χ0) is 14.7. The zero-order valence-electron chi connectivity index (χ0n) is 11.6. The van der Waals surface area contributed by atoms with E-state index in [0.29, 0.717) is 19.4 Å². The van der Waals surface area contributed by atoms with Gasteiger partial charge in [0.15, 0.2) is 0 Å². The lowest BCUT2D eigenvalue weighted by molar-refractivity contribution is -0.121. The maximum atomic E-state index is 13.1. The molecule has 0 spiro atoms. The summed E-state index contributed by atoms with van der Waals surface area (Å²) in [5.41, 5.74) is 3.09. The van der Waals surface area contributed by atoms with Crippen LogP contribution in [-0.2, 0) is 17.6 Å². The van der Waals surface area contributed by atoms with Crippen molar-refractivity contribution in [3.8, 4) is 0 Å². The number of carbonyl (C=O) groups excluding carboxylic acids is 1. The summed E-state index contributed by atoms with van der Waals surface area (Å²) in [5, 5.41) is 6.12. The number of para-hydroxylation sites is 1. The molecule has 0 fully saturated rings. The molecule has 1 unspecified atom stereocenters. The third-order valence-corrected chi connectivity index (χ3v) is 3.69. The molecular formula is C17H17FN2O. The first kappa shape index (κ1) is 13.6. The molecule has 0 saturated carbocycles. The molecular weight excluding hydrogens is 267 g/mol. The first-order chi connectivity index (χ1) is 10.2. The van der Waals surface area contributed by atoms with Crippen molar-refractivity contribution in [1.29, 1.82) is 0 Å². The normalized spacial score (nSPS) is 16.1. The fraction of sp³-hybridized carbons (Fsp3) is 0.235. The van der Waals surface area contributed by atoms with E-state index in [9.17, 15) is 9.18 Å². The van der Waals surface area contributed by atoms with Gasteiger partial charge in [-0.3, -0.25) is 4.79 Å². The Bertz CT molecular complexity index is 632. The van der Waals surface area contributed by atoms with Crippen LogP contribution < -0.4 is 10.6 Å². The van der Waals surface area contributed by atoms with Crippen LogP contribution in [0.2, 0.25) is 0 Å². The van der Waals surface area contributed by atoms with Crippen molar-refractivity contribution in [2.45, 2.75) is 18.9 Å². The average molecular weight is 284 g/mol. The van der Waals surface area contributed by atoms with Crippen molar-refractivity contribution in [2.24, 2.45) is 0 Å². The second kappa shape index (κ2) is 5.95. The average Bonchev–Trinajstić information content (AvgIpc) is 2.91. The predicted molar refractivity (Wildman–Crippen MR) is 80.7 cm³/mol. The highest BCUT2D eigenvalue weighted by Gasteiger charge is 2.25. The van der Waals surface area contributed by atoms with Crippen LogP contribution in [0.3, 0.4) is 0 Å². The number of carbonyl (C=O) groups is 1. The van der Waals surface area contributed by atoms with Gasteiger partial charge in [0, 0.05) is 18.7 Å². The first-order valence-electron chi connectivity index (χ1n) is 7.09. The number of nitrogens with one attached hydrogen (secondary N) is 2. The van der Waals surface area contributed by atoms with E-state index in [1.54, 1.807) is 6.07 Å². The van der Waals surface area contributed by atoms with Crippen LogP contribution in [0.1, 0.15) is 11.1 Å². The molecule has 1 heterocycles. The smallest absolute Gasteiger partial charge is 0.242 e. The number of halogens is 1. The van der Waals surface area contributed by atoms with Crippen LogP contribution in [0.4, 0.5) is 10.1 Å². The van der Waals surface area contributed by atoms with E-state index < -0.39 is 0 Å². The summed E-state index contributed by atoms with van der Waals surface area (Å²) in [6.45, 7) is 0.511. The summed E-state index contributed by atoms with van der Waals surface area (Å²) in [5.74, 6) is -0.255. The molecule has 21 heavy (non-hydrogen) atoms. The predicted octanol–water partition coefficient (Wildman–Crippen LogP) is 2.52. The minimum atomic E-state index is -0.244. The summed E-state index contributed by atoms with van der Waals surface area (Å²) in [4.78, 5) is 12.1. The molecule has 0 saturated heterocycles. The van der Waals surface area contributed by atoms with E-state index in [1.165, 1.54) is 17.7 Å². The van der Waals surface area contributed by atoms with Gasteiger partial charge in [-0.1, -0.05) is 30.3 Å². The second-order valence-electron chi connectivity index (χ2n) is 5.23. The van der Waals surface area contributed by atoms with Crippen LogP contribution in [-0.4, -0.2) is 18.5 Å². The molecule has 4 heteroatoms. The summed E-state index contributed by atoms with van der Waals surface area (Å²) >= 11 is 0. The largest absolute Gasteiger partial charge is 0.373 e. The number of hydrogen-bond donors (Lipinski definition) is 2. The van der Waals surface area contributed by atoms with Gasteiger partial charge in [0.25, 0.3) is 0 Å².